The molecule has 0 radical (unpaired) electrons. The summed E-state index contributed by atoms with van der Waals surface area (Å²) in [6, 6.07) is 4.42. The van der Waals surface area contributed by atoms with E-state index in [-0.39, 0.29) is 11.9 Å². The Balaban J connectivity index is 2.81. The van der Waals surface area contributed by atoms with E-state index >= 15 is 0 Å². The van der Waals surface area contributed by atoms with Crippen molar-refractivity contribution in [1.82, 2.24) is 0 Å². The van der Waals surface area contributed by atoms with E-state index in [9.17, 15) is 4.39 Å². The zero-order chi connectivity index (χ0) is 11.4. The van der Waals surface area contributed by atoms with Crippen LogP contribution in [0, 0.1) is 5.82 Å². The zero-order valence-corrected chi connectivity index (χ0v) is 9.55. The molecule has 0 unspecified atom stereocenters. The van der Waals surface area contributed by atoms with Gasteiger partial charge in [0.05, 0.1) is 5.84 Å². The van der Waals surface area contributed by atoms with Crippen LogP contribution in [0.3, 0.4) is 0 Å². The van der Waals surface area contributed by atoms with Crippen LogP contribution in [0.1, 0.15) is 19.4 Å². The van der Waals surface area contributed by atoms with Crippen LogP contribution >= 0.6 is 11.6 Å². The molecule has 82 valence electrons. The molecule has 0 saturated heterocycles. The summed E-state index contributed by atoms with van der Waals surface area (Å²) in [4.78, 5) is 4.18. The minimum absolute atomic E-state index is 0.157. The number of hydrogen-bond donors (Lipinski definition) is 1. The van der Waals surface area contributed by atoms with Gasteiger partial charge in [0.2, 0.25) is 0 Å². The number of rotatable bonds is 3. The van der Waals surface area contributed by atoms with Crippen molar-refractivity contribution in [3.05, 3.63) is 34.6 Å². The lowest BCUT2D eigenvalue weighted by atomic mass is 10.1. The summed E-state index contributed by atoms with van der Waals surface area (Å²) in [6.07, 6.45) is 0.456. The van der Waals surface area contributed by atoms with E-state index in [2.05, 4.69) is 4.99 Å². The summed E-state index contributed by atoms with van der Waals surface area (Å²) >= 11 is 5.86. The first-order valence-electron chi connectivity index (χ1n) is 4.75. The van der Waals surface area contributed by atoms with Gasteiger partial charge in [-0.3, -0.25) is 4.99 Å². The van der Waals surface area contributed by atoms with Crippen molar-refractivity contribution in [2.24, 2.45) is 10.7 Å². The number of nitrogens with zero attached hydrogens (tertiary/aromatic N) is 1. The van der Waals surface area contributed by atoms with E-state index < -0.39 is 0 Å². The summed E-state index contributed by atoms with van der Waals surface area (Å²) in [5.74, 6) is 0.168. The smallest absolute Gasteiger partial charge is 0.124 e. The predicted octanol–water partition coefficient (Wildman–Crippen LogP) is 2.79. The molecule has 0 aromatic heterocycles. The average molecular weight is 229 g/mol. The molecule has 0 atom stereocenters. The molecule has 1 aromatic carbocycles. The third-order valence-corrected chi connectivity index (χ3v) is 2.16. The SMILES string of the molecule is CC(C)N=C(N)Cc1ccc(F)cc1Cl. The highest BCUT2D eigenvalue weighted by Crippen LogP contribution is 2.17. The first-order valence-corrected chi connectivity index (χ1v) is 5.13. The number of halogens is 2. The van der Waals surface area contributed by atoms with Gasteiger partial charge in [0.1, 0.15) is 5.82 Å². The van der Waals surface area contributed by atoms with Gasteiger partial charge in [-0.2, -0.15) is 0 Å². The Morgan fingerprint density at radius 1 is 1.53 bits per heavy atom. The average Bonchev–Trinajstić information content (AvgIpc) is 2.08. The maximum atomic E-state index is 12.7. The third kappa shape index (κ3) is 3.88. The quantitative estimate of drug-likeness (QED) is 0.627. The summed E-state index contributed by atoms with van der Waals surface area (Å²) in [5, 5.41) is 0.386. The maximum absolute atomic E-state index is 12.7. The zero-order valence-electron chi connectivity index (χ0n) is 8.80. The molecule has 0 bridgehead atoms. The van der Waals surface area contributed by atoms with Crippen LogP contribution in [0.4, 0.5) is 4.39 Å². The van der Waals surface area contributed by atoms with Crippen LogP contribution < -0.4 is 5.73 Å². The van der Waals surface area contributed by atoms with Crippen LogP contribution in [-0.4, -0.2) is 11.9 Å². The minimum Gasteiger partial charge on any atom is -0.387 e. The van der Waals surface area contributed by atoms with E-state index in [0.29, 0.717) is 17.3 Å². The molecule has 4 heteroatoms. The monoisotopic (exact) mass is 228 g/mol. The molecule has 0 fully saturated rings. The Morgan fingerprint density at radius 2 is 2.20 bits per heavy atom. The fraction of sp³-hybridized carbons (Fsp3) is 0.364. The highest BCUT2D eigenvalue weighted by atomic mass is 35.5. The van der Waals surface area contributed by atoms with Crippen molar-refractivity contribution < 1.29 is 4.39 Å². The number of amidine groups is 1. The molecule has 1 aromatic rings. The van der Waals surface area contributed by atoms with E-state index in [1.54, 1.807) is 6.07 Å². The van der Waals surface area contributed by atoms with Gasteiger partial charge < -0.3 is 5.73 Å². The summed E-state index contributed by atoms with van der Waals surface area (Å²) in [6.45, 7) is 3.89. The molecule has 0 aliphatic carbocycles. The molecule has 0 saturated carbocycles. The number of hydrogen-bond acceptors (Lipinski definition) is 1. The fourth-order valence-corrected chi connectivity index (χ4v) is 1.47. The normalized spacial score (nSPS) is 12.2. The lowest BCUT2D eigenvalue weighted by molar-refractivity contribution is 0.627. The van der Waals surface area contributed by atoms with Gasteiger partial charge in [-0.1, -0.05) is 17.7 Å². The van der Waals surface area contributed by atoms with Crippen molar-refractivity contribution in [2.75, 3.05) is 0 Å². The van der Waals surface area contributed by atoms with Crippen molar-refractivity contribution in [2.45, 2.75) is 26.3 Å². The second-order valence-electron chi connectivity index (χ2n) is 3.63. The van der Waals surface area contributed by atoms with Crippen LogP contribution in [0.15, 0.2) is 23.2 Å². The van der Waals surface area contributed by atoms with Gasteiger partial charge in [0.15, 0.2) is 0 Å². The molecule has 15 heavy (non-hydrogen) atoms. The first kappa shape index (κ1) is 12.0. The highest BCUT2D eigenvalue weighted by molar-refractivity contribution is 6.31. The standard InChI is InChI=1S/C11H14ClFN2/c1-7(2)15-11(14)5-8-3-4-9(13)6-10(8)12/h3-4,6-7H,5H2,1-2H3,(H2,14,15). The Labute approximate surface area is 94.0 Å². The third-order valence-electron chi connectivity index (χ3n) is 1.81. The lowest BCUT2D eigenvalue weighted by Crippen LogP contribution is -2.17. The Bertz CT molecular complexity index is 375. The highest BCUT2D eigenvalue weighted by Gasteiger charge is 2.04. The van der Waals surface area contributed by atoms with Crippen molar-refractivity contribution >= 4 is 17.4 Å². The largest absolute Gasteiger partial charge is 0.387 e. The van der Waals surface area contributed by atoms with Crippen molar-refractivity contribution in [1.29, 1.82) is 0 Å². The van der Waals surface area contributed by atoms with Gasteiger partial charge >= 0.3 is 0 Å². The van der Waals surface area contributed by atoms with Crippen molar-refractivity contribution in [3.63, 3.8) is 0 Å². The minimum atomic E-state index is -0.344. The Kier molecular flexibility index (Phi) is 4.09. The molecular formula is C11H14ClFN2. The van der Waals surface area contributed by atoms with Crippen molar-refractivity contribution in [3.8, 4) is 0 Å². The second kappa shape index (κ2) is 5.12. The molecule has 0 aliphatic heterocycles. The number of aliphatic imine (C=N–C) groups is 1. The van der Waals surface area contributed by atoms with Gasteiger partial charge in [0.25, 0.3) is 0 Å². The Hall–Kier alpha value is -1.09. The van der Waals surface area contributed by atoms with E-state index in [1.807, 2.05) is 13.8 Å². The molecule has 2 nitrogen and oxygen atoms in total. The predicted molar refractivity (Wildman–Crippen MR) is 61.9 cm³/mol. The molecule has 1 rings (SSSR count). The Morgan fingerprint density at radius 3 is 2.73 bits per heavy atom. The molecule has 0 spiro atoms. The van der Waals surface area contributed by atoms with E-state index in [0.717, 1.165) is 5.56 Å². The van der Waals surface area contributed by atoms with Crippen LogP contribution in [0.5, 0.6) is 0 Å². The molecule has 2 N–H and O–H groups in total. The summed E-state index contributed by atoms with van der Waals surface area (Å²) < 4.78 is 12.7. The number of benzene rings is 1. The topological polar surface area (TPSA) is 38.4 Å². The molecular weight excluding hydrogens is 215 g/mol. The van der Waals surface area contributed by atoms with Gasteiger partial charge in [0, 0.05) is 17.5 Å². The number of nitrogens with two attached hydrogens (primary N) is 1. The van der Waals surface area contributed by atoms with E-state index in [1.165, 1.54) is 12.1 Å². The van der Waals surface area contributed by atoms with E-state index in [4.69, 9.17) is 17.3 Å². The molecule has 0 heterocycles. The van der Waals surface area contributed by atoms with Crippen LogP contribution in [0.2, 0.25) is 5.02 Å². The van der Waals surface area contributed by atoms with Gasteiger partial charge in [-0.05, 0) is 31.5 Å². The van der Waals surface area contributed by atoms with Crippen LogP contribution in [-0.2, 0) is 6.42 Å². The molecule has 0 amide bonds. The summed E-state index contributed by atoms with van der Waals surface area (Å²) in [5.41, 5.74) is 6.50. The van der Waals surface area contributed by atoms with Gasteiger partial charge in [-0.15, -0.1) is 0 Å². The summed E-state index contributed by atoms with van der Waals surface area (Å²) in [7, 11) is 0. The first-order chi connectivity index (χ1) is 6.99. The van der Waals surface area contributed by atoms with Crippen LogP contribution in [0.25, 0.3) is 0 Å². The second-order valence-corrected chi connectivity index (χ2v) is 4.03. The lowest BCUT2D eigenvalue weighted by Gasteiger charge is -2.05. The van der Waals surface area contributed by atoms with Gasteiger partial charge in [-0.25, -0.2) is 4.39 Å². The fourth-order valence-electron chi connectivity index (χ4n) is 1.24. The maximum Gasteiger partial charge on any atom is 0.124 e. The molecule has 0 aliphatic rings.